The number of ether oxygens (including phenoxy) is 2. The molecule has 1 aromatic carbocycles. The zero-order valence-corrected chi connectivity index (χ0v) is 13.3. The molecule has 0 heterocycles. The fourth-order valence-corrected chi connectivity index (χ4v) is 3.18. The van der Waals surface area contributed by atoms with Gasteiger partial charge in [0.05, 0.1) is 12.2 Å². The molecule has 0 spiro atoms. The second-order valence-corrected chi connectivity index (χ2v) is 5.67. The van der Waals surface area contributed by atoms with Crippen molar-refractivity contribution in [2.75, 3.05) is 26.9 Å². The topological polar surface area (TPSA) is 87.6 Å². The van der Waals surface area contributed by atoms with Gasteiger partial charge in [0, 0.05) is 7.11 Å². The Balaban J connectivity index is 2.49. The quantitative estimate of drug-likeness (QED) is 0.591. The minimum Gasteiger partial charge on any atom is -0.490 e. The van der Waals surface area contributed by atoms with Crippen LogP contribution < -0.4 is 16.2 Å². The molecule has 0 bridgehead atoms. The summed E-state index contributed by atoms with van der Waals surface area (Å²) in [6.45, 7) is 1.37. The van der Waals surface area contributed by atoms with Crippen molar-refractivity contribution in [3.63, 3.8) is 0 Å². The third kappa shape index (κ3) is 3.78. The van der Waals surface area contributed by atoms with Gasteiger partial charge in [-0.3, -0.25) is 4.79 Å². The van der Waals surface area contributed by atoms with Crippen LogP contribution in [-0.4, -0.2) is 32.8 Å². The number of methoxy groups -OCH3 is 1. The Morgan fingerprint density at radius 2 is 2.00 bits per heavy atom. The van der Waals surface area contributed by atoms with Crippen molar-refractivity contribution in [3.05, 3.63) is 28.3 Å². The van der Waals surface area contributed by atoms with Crippen LogP contribution in [0.15, 0.2) is 6.07 Å². The maximum absolute atomic E-state index is 12.0. The van der Waals surface area contributed by atoms with Crippen molar-refractivity contribution in [3.8, 4) is 5.75 Å². The average molecular weight is 306 g/mol. The van der Waals surface area contributed by atoms with E-state index in [0.29, 0.717) is 37.5 Å². The number of primary amides is 1. The summed E-state index contributed by atoms with van der Waals surface area (Å²) < 4.78 is 10.8. The third-order valence-corrected chi connectivity index (χ3v) is 4.16. The van der Waals surface area contributed by atoms with Gasteiger partial charge in [-0.05, 0) is 61.4 Å². The average Bonchev–Trinajstić information content (AvgIpc) is 2.72. The van der Waals surface area contributed by atoms with E-state index in [4.69, 9.17) is 20.9 Å². The highest BCUT2D eigenvalue weighted by Crippen LogP contribution is 2.33. The molecule has 5 nitrogen and oxygen atoms in total. The van der Waals surface area contributed by atoms with Crippen LogP contribution in [0.5, 0.6) is 5.75 Å². The molecule has 0 aliphatic heterocycles. The summed E-state index contributed by atoms with van der Waals surface area (Å²) in [5.41, 5.74) is 15.4. The number of carbonyl (C=O) groups is 1. The summed E-state index contributed by atoms with van der Waals surface area (Å²) in [7, 11) is 1.62. The van der Waals surface area contributed by atoms with Crippen molar-refractivity contribution >= 4 is 5.91 Å². The first-order chi connectivity index (χ1) is 10.7. The fourth-order valence-electron chi connectivity index (χ4n) is 3.18. The van der Waals surface area contributed by atoms with Crippen LogP contribution >= 0.6 is 0 Å². The number of nitrogens with two attached hydrogens (primary N) is 2. The zero-order valence-electron chi connectivity index (χ0n) is 13.3. The Hall–Kier alpha value is -1.59. The monoisotopic (exact) mass is 306 g/mol. The largest absolute Gasteiger partial charge is 0.490 e. The molecule has 0 saturated carbocycles. The van der Waals surface area contributed by atoms with Gasteiger partial charge < -0.3 is 20.9 Å². The normalized spacial score (nSPS) is 14.3. The standard InChI is InChI=1S/C17H26N2O3/c1-21-9-10-22-15-11-12-5-3-2-4-6-13(12)14(7-8-18)16(15)17(19)20/h11H,2-10,18H2,1H3,(H2,19,20). The van der Waals surface area contributed by atoms with Gasteiger partial charge in [0.2, 0.25) is 0 Å². The first-order valence-electron chi connectivity index (χ1n) is 7.98. The second kappa shape index (κ2) is 8.15. The van der Waals surface area contributed by atoms with Crippen LogP contribution in [0, 0.1) is 0 Å². The number of aryl methyl sites for hydroxylation is 1. The first kappa shape index (κ1) is 16.8. The lowest BCUT2D eigenvalue weighted by molar-refractivity contribution is 0.0991. The van der Waals surface area contributed by atoms with Crippen molar-refractivity contribution < 1.29 is 14.3 Å². The Labute approximate surface area is 132 Å². The van der Waals surface area contributed by atoms with Crippen molar-refractivity contribution in [1.82, 2.24) is 0 Å². The summed E-state index contributed by atoms with van der Waals surface area (Å²) in [5, 5.41) is 0. The molecule has 4 N–H and O–H groups in total. The van der Waals surface area contributed by atoms with Crippen molar-refractivity contribution in [1.29, 1.82) is 0 Å². The fraction of sp³-hybridized carbons (Fsp3) is 0.588. The molecule has 0 aromatic heterocycles. The molecule has 22 heavy (non-hydrogen) atoms. The molecular formula is C17H26N2O3. The molecule has 1 aromatic rings. The van der Waals surface area contributed by atoms with E-state index in [-0.39, 0.29) is 0 Å². The van der Waals surface area contributed by atoms with E-state index in [1.807, 2.05) is 6.07 Å². The summed E-state index contributed by atoms with van der Waals surface area (Å²) in [5.74, 6) is 0.136. The molecule has 0 fully saturated rings. The van der Waals surface area contributed by atoms with Crippen LogP contribution in [0.2, 0.25) is 0 Å². The van der Waals surface area contributed by atoms with E-state index in [2.05, 4.69) is 0 Å². The number of hydrogen-bond acceptors (Lipinski definition) is 4. The van der Waals surface area contributed by atoms with E-state index in [0.717, 1.165) is 24.8 Å². The lowest BCUT2D eigenvalue weighted by Crippen LogP contribution is -2.21. The number of rotatable bonds is 7. The van der Waals surface area contributed by atoms with Crippen molar-refractivity contribution in [2.24, 2.45) is 11.5 Å². The number of amides is 1. The smallest absolute Gasteiger partial charge is 0.252 e. The zero-order chi connectivity index (χ0) is 15.9. The molecule has 2 rings (SSSR count). The summed E-state index contributed by atoms with van der Waals surface area (Å²) in [6.07, 6.45) is 6.19. The van der Waals surface area contributed by atoms with Gasteiger partial charge in [-0.15, -0.1) is 0 Å². The summed E-state index contributed by atoms with van der Waals surface area (Å²) in [6, 6.07) is 2.00. The van der Waals surface area contributed by atoms with Gasteiger partial charge in [-0.1, -0.05) is 6.42 Å². The number of fused-ring (bicyclic) bond motifs is 1. The van der Waals surface area contributed by atoms with Gasteiger partial charge in [0.15, 0.2) is 0 Å². The molecule has 0 radical (unpaired) electrons. The molecule has 1 aliphatic carbocycles. The maximum Gasteiger partial charge on any atom is 0.252 e. The highest BCUT2D eigenvalue weighted by atomic mass is 16.5. The molecule has 5 heteroatoms. The van der Waals surface area contributed by atoms with Crippen LogP contribution in [-0.2, 0) is 24.0 Å². The second-order valence-electron chi connectivity index (χ2n) is 5.67. The third-order valence-electron chi connectivity index (χ3n) is 4.16. The van der Waals surface area contributed by atoms with E-state index in [1.54, 1.807) is 7.11 Å². The van der Waals surface area contributed by atoms with Gasteiger partial charge in [0.25, 0.3) is 5.91 Å². The lowest BCUT2D eigenvalue weighted by Gasteiger charge is -2.20. The minimum absolute atomic E-state index is 0.400. The predicted octanol–water partition coefficient (Wildman–Crippen LogP) is 1.58. The molecular weight excluding hydrogens is 280 g/mol. The molecule has 0 atom stereocenters. The number of hydrogen-bond donors (Lipinski definition) is 2. The van der Waals surface area contributed by atoms with Gasteiger partial charge in [-0.25, -0.2) is 0 Å². The van der Waals surface area contributed by atoms with E-state index in [1.165, 1.54) is 24.0 Å². The SMILES string of the molecule is COCCOc1cc2c(c(CCN)c1C(N)=O)CCCCC2. The Morgan fingerprint density at radius 1 is 1.23 bits per heavy atom. The highest BCUT2D eigenvalue weighted by Gasteiger charge is 2.22. The maximum atomic E-state index is 12.0. The Kier molecular flexibility index (Phi) is 6.21. The van der Waals surface area contributed by atoms with E-state index >= 15 is 0 Å². The Morgan fingerprint density at radius 3 is 2.68 bits per heavy atom. The summed E-state index contributed by atoms with van der Waals surface area (Å²) in [4.78, 5) is 12.0. The first-order valence-corrected chi connectivity index (χ1v) is 7.98. The van der Waals surface area contributed by atoms with Crippen LogP contribution in [0.25, 0.3) is 0 Å². The predicted molar refractivity (Wildman–Crippen MR) is 86.3 cm³/mol. The van der Waals surface area contributed by atoms with Crippen LogP contribution in [0.4, 0.5) is 0 Å². The molecule has 1 amide bonds. The summed E-state index contributed by atoms with van der Waals surface area (Å²) >= 11 is 0. The van der Waals surface area contributed by atoms with E-state index < -0.39 is 5.91 Å². The van der Waals surface area contributed by atoms with Crippen LogP contribution in [0.3, 0.4) is 0 Å². The van der Waals surface area contributed by atoms with Crippen LogP contribution in [0.1, 0.15) is 46.3 Å². The van der Waals surface area contributed by atoms with Crippen molar-refractivity contribution in [2.45, 2.75) is 38.5 Å². The molecule has 0 unspecified atom stereocenters. The van der Waals surface area contributed by atoms with Gasteiger partial charge in [0.1, 0.15) is 12.4 Å². The molecule has 0 saturated heterocycles. The molecule has 1 aliphatic rings. The van der Waals surface area contributed by atoms with E-state index in [9.17, 15) is 4.79 Å². The van der Waals surface area contributed by atoms with Gasteiger partial charge >= 0.3 is 0 Å². The number of benzene rings is 1. The Bertz CT molecular complexity index is 529. The minimum atomic E-state index is -0.442. The molecule has 122 valence electrons. The van der Waals surface area contributed by atoms with Gasteiger partial charge in [-0.2, -0.15) is 0 Å². The highest BCUT2D eigenvalue weighted by molar-refractivity contribution is 5.98. The lowest BCUT2D eigenvalue weighted by atomic mass is 9.90. The number of carbonyl (C=O) groups excluding carboxylic acids is 1.